The van der Waals surface area contributed by atoms with Crippen molar-refractivity contribution in [3.63, 3.8) is 0 Å². The number of fused-ring (bicyclic) bond motifs is 1. The topological polar surface area (TPSA) is 129 Å². The molecule has 1 aromatic carbocycles. The summed E-state index contributed by atoms with van der Waals surface area (Å²) in [7, 11) is 0. The molecule has 1 fully saturated rings. The molecule has 2 aliphatic heterocycles. The Morgan fingerprint density at radius 1 is 1.02 bits per heavy atom. The quantitative estimate of drug-likeness (QED) is 0.0607. The summed E-state index contributed by atoms with van der Waals surface area (Å²) in [6.07, 6.45) is 10.6. The maximum absolute atomic E-state index is 12.6. The minimum atomic E-state index is -1.50. The molecule has 2 heterocycles. The van der Waals surface area contributed by atoms with E-state index in [1.807, 2.05) is 19.9 Å². The number of aliphatic hydroxyl groups excluding tert-OH is 2. The Morgan fingerprint density at radius 3 is 2.28 bits per heavy atom. The van der Waals surface area contributed by atoms with Crippen LogP contribution in [0, 0.1) is 31.6 Å². The van der Waals surface area contributed by atoms with E-state index in [1.54, 1.807) is 0 Å². The predicted molar refractivity (Wildman–Crippen MR) is 176 cm³/mol. The van der Waals surface area contributed by atoms with Gasteiger partial charge in [-0.1, -0.05) is 72.6 Å². The molecular weight excluding hydrogens is 588 g/mol. The van der Waals surface area contributed by atoms with Crippen LogP contribution in [0.1, 0.15) is 116 Å². The molecule has 6 unspecified atom stereocenters. The molecule has 1 aromatic rings. The molecule has 9 heteroatoms. The third-order valence-electron chi connectivity index (χ3n) is 9.62. The molecule has 258 valence electrons. The van der Waals surface area contributed by atoms with Crippen molar-refractivity contribution in [1.82, 2.24) is 0 Å². The number of esters is 2. The SMILES string of the molecule is Cc1c(OC(=O)/C=C/OC2C(=O)C(=O)OC2C(O)CO)cc2c(c1C)OC(C)(CCCC(C)CCCC(C)CCCC(C)C)CC2. The van der Waals surface area contributed by atoms with E-state index in [4.69, 9.17) is 24.1 Å². The number of carbonyl (C=O) groups is 3. The average Bonchev–Trinajstić information content (AvgIpc) is 3.28. The standard InChI is InChI=1S/C37H56O9/c1-23(2)11-8-12-24(3)13-9-14-25(4)15-10-18-37(7)19-16-28-21-30(26(5)27(6)33(28)46-37)44-31(40)17-20-43-35-32(41)36(42)45-34(35)29(39)22-38/h17,20-21,23-25,29,34-35,38-39H,8-16,18-19,22H2,1-7H3/b20-17+. The number of carbonyl (C=O) groups excluding carboxylic acids is 3. The van der Waals surface area contributed by atoms with Crippen LogP contribution < -0.4 is 9.47 Å². The van der Waals surface area contributed by atoms with E-state index >= 15 is 0 Å². The first-order valence-corrected chi connectivity index (χ1v) is 17.1. The number of Topliss-reactive ketones (excluding diaryl/α,β-unsaturated/α-hetero) is 1. The molecule has 3 rings (SSSR count). The Morgan fingerprint density at radius 2 is 1.65 bits per heavy atom. The van der Waals surface area contributed by atoms with E-state index < -0.39 is 42.6 Å². The van der Waals surface area contributed by atoms with Crippen LogP contribution in [-0.4, -0.2) is 58.5 Å². The van der Waals surface area contributed by atoms with Gasteiger partial charge in [-0.3, -0.25) is 4.79 Å². The van der Waals surface area contributed by atoms with Gasteiger partial charge in [0.25, 0.3) is 5.78 Å². The number of aliphatic hydroxyl groups is 2. The van der Waals surface area contributed by atoms with E-state index in [-0.39, 0.29) is 5.60 Å². The molecule has 0 aliphatic carbocycles. The highest BCUT2D eigenvalue weighted by atomic mass is 16.6. The highest BCUT2D eigenvalue weighted by molar-refractivity contribution is 6.37. The first kappa shape index (κ1) is 37.5. The van der Waals surface area contributed by atoms with Crippen molar-refractivity contribution in [2.75, 3.05) is 6.61 Å². The summed E-state index contributed by atoms with van der Waals surface area (Å²) in [6, 6.07) is 1.84. The van der Waals surface area contributed by atoms with Gasteiger partial charge in [-0.2, -0.15) is 0 Å². The number of hydrogen-bond donors (Lipinski definition) is 2. The Kier molecular flexibility index (Phi) is 14.1. The summed E-state index contributed by atoms with van der Waals surface area (Å²) in [4.78, 5) is 36.2. The Hall–Kier alpha value is -2.91. The van der Waals surface area contributed by atoms with Crippen molar-refractivity contribution in [2.24, 2.45) is 17.8 Å². The number of rotatable bonds is 18. The monoisotopic (exact) mass is 644 g/mol. The molecule has 0 amide bonds. The summed E-state index contributed by atoms with van der Waals surface area (Å²) in [5, 5.41) is 18.9. The zero-order valence-electron chi connectivity index (χ0n) is 28.9. The molecule has 0 radical (unpaired) electrons. The van der Waals surface area contributed by atoms with Gasteiger partial charge in [0.05, 0.1) is 18.9 Å². The maximum atomic E-state index is 12.6. The van der Waals surface area contributed by atoms with Crippen molar-refractivity contribution in [2.45, 2.75) is 143 Å². The van der Waals surface area contributed by atoms with Crippen LogP contribution in [0.15, 0.2) is 18.4 Å². The van der Waals surface area contributed by atoms with Crippen LogP contribution in [-0.2, 0) is 30.3 Å². The van der Waals surface area contributed by atoms with Crippen LogP contribution >= 0.6 is 0 Å². The average molecular weight is 645 g/mol. The number of ketones is 1. The lowest BCUT2D eigenvalue weighted by molar-refractivity contribution is -0.152. The fraction of sp³-hybridized carbons (Fsp3) is 0.703. The van der Waals surface area contributed by atoms with Gasteiger partial charge in [0.2, 0.25) is 6.10 Å². The molecule has 0 aromatic heterocycles. The summed E-state index contributed by atoms with van der Waals surface area (Å²) in [6.45, 7) is 14.7. The fourth-order valence-corrected chi connectivity index (χ4v) is 6.39. The van der Waals surface area contributed by atoms with Gasteiger partial charge >= 0.3 is 11.9 Å². The van der Waals surface area contributed by atoms with Crippen LogP contribution in [0.5, 0.6) is 11.5 Å². The fourth-order valence-electron chi connectivity index (χ4n) is 6.39. The Balaban J connectivity index is 1.48. The first-order valence-electron chi connectivity index (χ1n) is 17.1. The number of cyclic esters (lactones) is 1. The van der Waals surface area contributed by atoms with Crippen molar-refractivity contribution in [1.29, 1.82) is 0 Å². The highest BCUT2D eigenvalue weighted by Gasteiger charge is 2.48. The van der Waals surface area contributed by atoms with Crippen LogP contribution in [0.25, 0.3) is 0 Å². The van der Waals surface area contributed by atoms with E-state index in [0.29, 0.717) is 11.7 Å². The van der Waals surface area contributed by atoms with Crippen molar-refractivity contribution >= 4 is 17.7 Å². The lowest BCUT2D eigenvalue weighted by atomic mass is 9.85. The molecule has 2 N–H and O–H groups in total. The molecule has 0 saturated carbocycles. The number of benzene rings is 1. The Bertz CT molecular complexity index is 1220. The second kappa shape index (κ2) is 17.3. The van der Waals surface area contributed by atoms with E-state index in [2.05, 4.69) is 34.6 Å². The van der Waals surface area contributed by atoms with Gasteiger partial charge in [0.15, 0.2) is 6.10 Å². The minimum absolute atomic E-state index is 0.239. The van der Waals surface area contributed by atoms with Gasteiger partial charge in [0, 0.05) is 0 Å². The molecule has 0 spiro atoms. The summed E-state index contributed by atoms with van der Waals surface area (Å²) in [5.41, 5.74) is 2.47. The summed E-state index contributed by atoms with van der Waals surface area (Å²) < 4.78 is 22.2. The Labute approximate surface area is 275 Å². The summed E-state index contributed by atoms with van der Waals surface area (Å²) in [5.74, 6) is 0.686. The lowest BCUT2D eigenvalue weighted by Gasteiger charge is -2.37. The third kappa shape index (κ3) is 10.6. The summed E-state index contributed by atoms with van der Waals surface area (Å²) >= 11 is 0. The number of hydrogen-bond acceptors (Lipinski definition) is 9. The molecule has 6 atom stereocenters. The molecule has 2 aliphatic rings. The van der Waals surface area contributed by atoms with E-state index in [1.165, 1.54) is 44.9 Å². The molecular formula is C37H56O9. The molecule has 46 heavy (non-hydrogen) atoms. The van der Waals surface area contributed by atoms with Gasteiger partial charge in [-0.05, 0) is 87.0 Å². The molecule has 1 saturated heterocycles. The highest BCUT2D eigenvalue weighted by Crippen LogP contribution is 2.42. The second-order valence-electron chi connectivity index (χ2n) is 14.3. The van der Waals surface area contributed by atoms with Crippen LogP contribution in [0.3, 0.4) is 0 Å². The second-order valence-corrected chi connectivity index (χ2v) is 14.3. The van der Waals surface area contributed by atoms with Crippen LogP contribution in [0.2, 0.25) is 0 Å². The van der Waals surface area contributed by atoms with Crippen molar-refractivity contribution < 1.29 is 43.5 Å². The molecule has 0 bridgehead atoms. The predicted octanol–water partition coefficient (Wildman–Crippen LogP) is 6.48. The van der Waals surface area contributed by atoms with Gasteiger partial charge in [-0.25, -0.2) is 9.59 Å². The minimum Gasteiger partial charge on any atom is -0.487 e. The maximum Gasteiger partial charge on any atom is 0.379 e. The van der Waals surface area contributed by atoms with Crippen LogP contribution in [0.4, 0.5) is 0 Å². The lowest BCUT2D eigenvalue weighted by Crippen LogP contribution is -2.40. The van der Waals surface area contributed by atoms with Gasteiger partial charge in [-0.15, -0.1) is 0 Å². The van der Waals surface area contributed by atoms with Gasteiger partial charge in [0.1, 0.15) is 23.2 Å². The van der Waals surface area contributed by atoms with Gasteiger partial charge < -0.3 is 29.2 Å². The zero-order chi connectivity index (χ0) is 34.0. The number of aryl methyl sites for hydroxylation is 1. The number of ether oxygens (including phenoxy) is 4. The van der Waals surface area contributed by atoms with Crippen molar-refractivity contribution in [3.8, 4) is 11.5 Å². The van der Waals surface area contributed by atoms with Crippen molar-refractivity contribution in [3.05, 3.63) is 35.1 Å². The molecule has 9 nitrogen and oxygen atoms in total. The van der Waals surface area contributed by atoms with E-state index in [9.17, 15) is 19.5 Å². The normalized spacial score (nSPS) is 23.2. The smallest absolute Gasteiger partial charge is 0.379 e. The first-order chi connectivity index (χ1) is 21.7. The zero-order valence-corrected chi connectivity index (χ0v) is 28.9. The van der Waals surface area contributed by atoms with E-state index in [0.717, 1.165) is 72.3 Å². The third-order valence-corrected chi connectivity index (χ3v) is 9.62. The largest absolute Gasteiger partial charge is 0.487 e.